The predicted octanol–water partition coefficient (Wildman–Crippen LogP) is 4.30. The Bertz CT molecular complexity index is 826. The van der Waals surface area contributed by atoms with Gasteiger partial charge < -0.3 is 10.1 Å². The monoisotopic (exact) mass is 395 g/mol. The first-order valence-electron chi connectivity index (χ1n) is 7.71. The van der Waals surface area contributed by atoms with Gasteiger partial charge in [-0.05, 0) is 36.6 Å². The summed E-state index contributed by atoms with van der Waals surface area (Å²) in [5.41, 5.74) is -0.144. The number of nitriles is 1. The Morgan fingerprint density at radius 3 is 2.88 bits per heavy atom. The van der Waals surface area contributed by atoms with Gasteiger partial charge in [0.1, 0.15) is 5.41 Å². The van der Waals surface area contributed by atoms with Crippen LogP contribution in [0.25, 0.3) is 0 Å². The topological polar surface area (TPSA) is 75.0 Å². The Labute approximate surface area is 159 Å². The standard InChI is InChI=1S/C17H15Cl2N3O2S/c18-12-1-2-14(19)11(7-12)8-13-9-21-16(25-13)22-15(23)17(10-20)3-5-24-6-4-17/h1-2,7,9H,3-6,8H2,(H,21,22,23). The highest BCUT2D eigenvalue weighted by Gasteiger charge is 2.40. The van der Waals surface area contributed by atoms with Crippen molar-refractivity contribution >= 4 is 45.6 Å². The molecule has 1 saturated heterocycles. The quantitative estimate of drug-likeness (QED) is 0.836. The number of nitrogens with zero attached hydrogens (tertiary/aromatic N) is 2. The molecule has 2 heterocycles. The average Bonchev–Trinajstić information content (AvgIpc) is 3.05. The van der Waals surface area contributed by atoms with Crippen molar-refractivity contribution < 1.29 is 9.53 Å². The zero-order valence-electron chi connectivity index (χ0n) is 13.2. The summed E-state index contributed by atoms with van der Waals surface area (Å²) in [5.74, 6) is -0.319. The molecule has 5 nitrogen and oxygen atoms in total. The summed E-state index contributed by atoms with van der Waals surface area (Å²) in [4.78, 5) is 17.7. The Hall–Kier alpha value is -1.65. The van der Waals surface area contributed by atoms with Gasteiger partial charge in [0.2, 0.25) is 5.91 Å². The summed E-state index contributed by atoms with van der Waals surface area (Å²) >= 11 is 13.5. The molecule has 0 spiro atoms. The van der Waals surface area contributed by atoms with Crippen molar-refractivity contribution in [3.63, 3.8) is 0 Å². The van der Waals surface area contributed by atoms with Crippen molar-refractivity contribution in [3.8, 4) is 6.07 Å². The molecule has 1 N–H and O–H groups in total. The number of halogens is 2. The maximum absolute atomic E-state index is 12.5. The third kappa shape index (κ3) is 4.13. The highest BCUT2D eigenvalue weighted by atomic mass is 35.5. The van der Waals surface area contributed by atoms with Crippen molar-refractivity contribution in [2.24, 2.45) is 5.41 Å². The number of anilines is 1. The predicted molar refractivity (Wildman–Crippen MR) is 98.1 cm³/mol. The second-order valence-electron chi connectivity index (χ2n) is 5.80. The maximum atomic E-state index is 12.5. The van der Waals surface area contributed by atoms with Crippen LogP contribution in [0.1, 0.15) is 23.3 Å². The van der Waals surface area contributed by atoms with E-state index in [0.29, 0.717) is 47.7 Å². The van der Waals surface area contributed by atoms with Crippen LogP contribution in [0.5, 0.6) is 0 Å². The molecule has 1 aliphatic rings. The van der Waals surface area contributed by atoms with Gasteiger partial charge in [-0.25, -0.2) is 4.98 Å². The summed E-state index contributed by atoms with van der Waals surface area (Å²) in [7, 11) is 0. The van der Waals surface area contributed by atoms with Gasteiger partial charge in [0.15, 0.2) is 5.13 Å². The summed E-state index contributed by atoms with van der Waals surface area (Å²) in [5, 5.41) is 13.9. The van der Waals surface area contributed by atoms with E-state index in [1.54, 1.807) is 18.3 Å². The van der Waals surface area contributed by atoms with Crippen molar-refractivity contribution in [2.75, 3.05) is 18.5 Å². The van der Waals surface area contributed by atoms with Crippen molar-refractivity contribution in [1.82, 2.24) is 4.98 Å². The lowest BCUT2D eigenvalue weighted by atomic mass is 9.81. The molecule has 130 valence electrons. The molecule has 1 aromatic heterocycles. The molecule has 2 aromatic rings. The molecular weight excluding hydrogens is 381 g/mol. The van der Waals surface area contributed by atoms with Crippen LogP contribution in [0, 0.1) is 16.7 Å². The Balaban J connectivity index is 1.70. The van der Waals surface area contributed by atoms with Gasteiger partial charge >= 0.3 is 0 Å². The summed E-state index contributed by atoms with van der Waals surface area (Å²) in [6.07, 6.45) is 3.06. The van der Waals surface area contributed by atoms with Gasteiger partial charge in [0.05, 0.1) is 6.07 Å². The number of nitrogens with one attached hydrogen (secondary N) is 1. The second-order valence-corrected chi connectivity index (χ2v) is 7.76. The lowest BCUT2D eigenvalue weighted by molar-refractivity contribution is -0.126. The number of aromatic nitrogens is 1. The van der Waals surface area contributed by atoms with Crippen LogP contribution in [0.3, 0.4) is 0 Å². The summed E-state index contributed by atoms with van der Waals surface area (Å²) in [6, 6.07) is 7.46. The first-order chi connectivity index (χ1) is 12.0. The number of carbonyl (C=O) groups is 1. The molecule has 0 unspecified atom stereocenters. The SMILES string of the molecule is N#CC1(C(=O)Nc2ncc(Cc3cc(Cl)ccc3Cl)s2)CCOCC1. The van der Waals surface area contributed by atoms with Crippen LogP contribution in [-0.2, 0) is 16.0 Å². The van der Waals surface area contributed by atoms with E-state index in [2.05, 4.69) is 16.4 Å². The average molecular weight is 396 g/mol. The lowest BCUT2D eigenvalue weighted by Crippen LogP contribution is -2.39. The third-order valence-corrected chi connectivity index (χ3v) is 5.66. The smallest absolute Gasteiger partial charge is 0.246 e. The van der Waals surface area contributed by atoms with Crippen LogP contribution in [0.4, 0.5) is 5.13 Å². The van der Waals surface area contributed by atoms with E-state index in [4.69, 9.17) is 27.9 Å². The van der Waals surface area contributed by atoms with E-state index in [0.717, 1.165) is 10.4 Å². The van der Waals surface area contributed by atoms with Gasteiger partial charge in [-0.2, -0.15) is 5.26 Å². The van der Waals surface area contributed by atoms with E-state index in [-0.39, 0.29) is 5.91 Å². The molecule has 8 heteroatoms. The van der Waals surface area contributed by atoms with E-state index in [1.165, 1.54) is 11.3 Å². The fourth-order valence-electron chi connectivity index (χ4n) is 2.64. The molecule has 1 aromatic carbocycles. The number of rotatable bonds is 4. The van der Waals surface area contributed by atoms with Crippen molar-refractivity contribution in [1.29, 1.82) is 5.26 Å². The normalized spacial score (nSPS) is 16.2. The van der Waals surface area contributed by atoms with Crippen molar-refractivity contribution in [2.45, 2.75) is 19.3 Å². The minimum absolute atomic E-state index is 0.319. The largest absolute Gasteiger partial charge is 0.381 e. The van der Waals surface area contributed by atoms with Crippen LogP contribution in [0.2, 0.25) is 10.0 Å². The Morgan fingerprint density at radius 1 is 1.40 bits per heavy atom. The summed E-state index contributed by atoms with van der Waals surface area (Å²) in [6.45, 7) is 0.828. The van der Waals surface area contributed by atoms with Gasteiger partial charge in [0.25, 0.3) is 0 Å². The summed E-state index contributed by atoms with van der Waals surface area (Å²) < 4.78 is 5.25. The molecule has 0 saturated carbocycles. The molecule has 1 fully saturated rings. The molecule has 3 rings (SSSR count). The van der Waals surface area contributed by atoms with Gasteiger partial charge in [0, 0.05) is 40.8 Å². The van der Waals surface area contributed by atoms with E-state index >= 15 is 0 Å². The Morgan fingerprint density at radius 2 is 2.16 bits per heavy atom. The zero-order chi connectivity index (χ0) is 17.9. The first kappa shape index (κ1) is 18.2. The van der Waals surface area contributed by atoms with E-state index in [1.807, 2.05) is 6.07 Å². The zero-order valence-corrected chi connectivity index (χ0v) is 15.5. The minimum Gasteiger partial charge on any atom is -0.381 e. The van der Waals surface area contributed by atoms with Crippen LogP contribution >= 0.6 is 34.5 Å². The first-order valence-corrected chi connectivity index (χ1v) is 9.29. The second kappa shape index (κ2) is 7.71. The fourth-order valence-corrected chi connectivity index (χ4v) is 3.85. The number of hydrogen-bond acceptors (Lipinski definition) is 5. The van der Waals surface area contributed by atoms with Crippen LogP contribution in [-0.4, -0.2) is 24.1 Å². The molecule has 0 radical (unpaired) electrons. The van der Waals surface area contributed by atoms with Crippen LogP contribution < -0.4 is 5.32 Å². The lowest BCUT2D eigenvalue weighted by Gasteiger charge is -2.28. The number of hydrogen-bond donors (Lipinski definition) is 1. The highest BCUT2D eigenvalue weighted by Crippen LogP contribution is 2.32. The highest BCUT2D eigenvalue weighted by molar-refractivity contribution is 7.15. The Kier molecular flexibility index (Phi) is 5.60. The molecule has 25 heavy (non-hydrogen) atoms. The number of carbonyl (C=O) groups excluding carboxylic acids is 1. The minimum atomic E-state index is -1.04. The van der Waals surface area contributed by atoms with Gasteiger partial charge in [-0.1, -0.05) is 23.2 Å². The van der Waals surface area contributed by atoms with E-state index < -0.39 is 5.41 Å². The number of amides is 1. The van der Waals surface area contributed by atoms with Gasteiger partial charge in [-0.3, -0.25) is 4.79 Å². The third-order valence-electron chi connectivity index (χ3n) is 4.14. The number of ether oxygens (including phenoxy) is 1. The van der Waals surface area contributed by atoms with Crippen LogP contribution in [0.15, 0.2) is 24.4 Å². The molecule has 0 aliphatic carbocycles. The van der Waals surface area contributed by atoms with E-state index in [9.17, 15) is 10.1 Å². The molecule has 0 bridgehead atoms. The van der Waals surface area contributed by atoms with Crippen molar-refractivity contribution in [3.05, 3.63) is 44.9 Å². The molecular formula is C17H15Cl2N3O2S. The fraction of sp³-hybridized carbons (Fsp3) is 0.353. The molecule has 1 aliphatic heterocycles. The molecule has 0 atom stereocenters. The maximum Gasteiger partial charge on any atom is 0.246 e. The number of thiazole rings is 1. The van der Waals surface area contributed by atoms with Gasteiger partial charge in [-0.15, -0.1) is 11.3 Å². The number of benzene rings is 1. The molecule has 1 amide bonds.